The summed E-state index contributed by atoms with van der Waals surface area (Å²) in [5.41, 5.74) is 1.07. The average molecular weight is 330 g/mol. The quantitative estimate of drug-likeness (QED) is 0.830. The summed E-state index contributed by atoms with van der Waals surface area (Å²) in [6.07, 6.45) is 2.94. The number of fused-ring (bicyclic) bond motifs is 2. The second kappa shape index (κ2) is 5.88. The average Bonchev–Trinajstić information content (AvgIpc) is 3.29. The number of carbonyl (C=O) groups is 2. The minimum Gasteiger partial charge on any atom is -0.388 e. The van der Waals surface area contributed by atoms with Gasteiger partial charge in [-0.3, -0.25) is 9.59 Å². The molecule has 1 aliphatic heterocycles. The van der Waals surface area contributed by atoms with Gasteiger partial charge in [-0.15, -0.1) is 0 Å². The molecular formula is C19H26N2O3. The van der Waals surface area contributed by atoms with Crippen molar-refractivity contribution < 1.29 is 14.7 Å². The standard InChI is InChI=1S/C19H26N2O3/c1-4-13(2)18(3,24)11-20-16(22)17(23)21-12-19(9-10-19)14-7-5-6-8-15(14)21/h5-8,13,24H,4,9-12H2,1-3H3,(H,20,22). The van der Waals surface area contributed by atoms with Crippen LogP contribution in [0.25, 0.3) is 0 Å². The van der Waals surface area contributed by atoms with Crippen LogP contribution in [0.15, 0.2) is 24.3 Å². The van der Waals surface area contributed by atoms with E-state index in [4.69, 9.17) is 0 Å². The van der Waals surface area contributed by atoms with Crippen LogP contribution in [0.2, 0.25) is 0 Å². The number of hydrogen-bond donors (Lipinski definition) is 2. The van der Waals surface area contributed by atoms with Crippen LogP contribution in [-0.2, 0) is 15.0 Å². The minimum atomic E-state index is -1.02. The summed E-state index contributed by atoms with van der Waals surface area (Å²) < 4.78 is 0. The molecule has 24 heavy (non-hydrogen) atoms. The van der Waals surface area contributed by atoms with Gasteiger partial charge in [-0.2, -0.15) is 0 Å². The molecule has 2 amide bonds. The monoisotopic (exact) mass is 330 g/mol. The smallest absolute Gasteiger partial charge is 0.316 e. The topological polar surface area (TPSA) is 69.6 Å². The van der Waals surface area contributed by atoms with Crippen LogP contribution >= 0.6 is 0 Å². The first-order chi connectivity index (χ1) is 11.3. The Bertz CT molecular complexity index is 664. The number of nitrogens with one attached hydrogen (secondary N) is 1. The van der Waals surface area contributed by atoms with Crippen molar-refractivity contribution >= 4 is 17.5 Å². The van der Waals surface area contributed by atoms with Gasteiger partial charge in [0.15, 0.2) is 0 Å². The lowest BCUT2D eigenvalue weighted by atomic mass is 9.88. The number of nitrogens with zero attached hydrogens (tertiary/aromatic N) is 1. The predicted molar refractivity (Wildman–Crippen MR) is 92.8 cm³/mol. The highest BCUT2D eigenvalue weighted by Crippen LogP contribution is 2.56. The first-order valence-electron chi connectivity index (χ1n) is 8.72. The van der Waals surface area contributed by atoms with Crippen LogP contribution in [0, 0.1) is 5.92 Å². The van der Waals surface area contributed by atoms with E-state index < -0.39 is 17.4 Å². The van der Waals surface area contributed by atoms with E-state index in [0.29, 0.717) is 6.54 Å². The second-order valence-electron chi connectivity index (χ2n) is 7.54. The first-order valence-corrected chi connectivity index (χ1v) is 8.72. The number of carbonyl (C=O) groups excluding carboxylic acids is 2. The van der Waals surface area contributed by atoms with E-state index in [-0.39, 0.29) is 17.9 Å². The van der Waals surface area contributed by atoms with Crippen molar-refractivity contribution in [3.05, 3.63) is 29.8 Å². The van der Waals surface area contributed by atoms with Crippen molar-refractivity contribution in [3.8, 4) is 0 Å². The maximum Gasteiger partial charge on any atom is 0.316 e. The van der Waals surface area contributed by atoms with Gasteiger partial charge in [-0.05, 0) is 37.3 Å². The second-order valence-corrected chi connectivity index (χ2v) is 7.54. The van der Waals surface area contributed by atoms with Gasteiger partial charge < -0.3 is 15.3 Å². The normalized spacial score (nSPS) is 21.1. The molecule has 1 aromatic carbocycles. The fourth-order valence-corrected chi connectivity index (χ4v) is 3.46. The summed E-state index contributed by atoms with van der Waals surface area (Å²) in [5.74, 6) is -1.15. The van der Waals surface area contributed by atoms with Crippen molar-refractivity contribution in [3.63, 3.8) is 0 Å². The highest BCUT2D eigenvalue weighted by molar-refractivity contribution is 6.40. The molecule has 1 spiro atoms. The lowest BCUT2D eigenvalue weighted by molar-refractivity contribution is -0.138. The van der Waals surface area contributed by atoms with Gasteiger partial charge in [0.1, 0.15) is 0 Å². The molecule has 5 nitrogen and oxygen atoms in total. The van der Waals surface area contributed by atoms with E-state index in [1.807, 2.05) is 32.0 Å². The van der Waals surface area contributed by atoms with Crippen LogP contribution in [0.5, 0.6) is 0 Å². The summed E-state index contributed by atoms with van der Waals surface area (Å²) in [6.45, 7) is 6.27. The Balaban J connectivity index is 1.68. The van der Waals surface area contributed by atoms with Crippen LogP contribution in [-0.4, -0.2) is 35.6 Å². The molecule has 5 heteroatoms. The SMILES string of the molecule is CCC(C)C(C)(O)CNC(=O)C(=O)N1CC2(CC2)c2ccccc21. The number of rotatable bonds is 4. The zero-order valence-electron chi connectivity index (χ0n) is 14.6. The third-order valence-electron chi connectivity index (χ3n) is 5.80. The molecular weight excluding hydrogens is 304 g/mol. The van der Waals surface area contributed by atoms with Crippen molar-refractivity contribution in [2.75, 3.05) is 18.0 Å². The fraction of sp³-hybridized carbons (Fsp3) is 0.579. The Morgan fingerprint density at radius 3 is 2.67 bits per heavy atom. The zero-order chi connectivity index (χ0) is 17.5. The van der Waals surface area contributed by atoms with Gasteiger partial charge in [0.2, 0.25) is 0 Å². The van der Waals surface area contributed by atoms with E-state index in [0.717, 1.165) is 24.9 Å². The molecule has 3 rings (SSSR count). The Hall–Kier alpha value is -1.88. The van der Waals surface area contributed by atoms with Gasteiger partial charge in [0.05, 0.1) is 5.60 Å². The van der Waals surface area contributed by atoms with E-state index in [1.165, 1.54) is 5.56 Å². The van der Waals surface area contributed by atoms with Crippen molar-refractivity contribution in [2.45, 2.75) is 51.0 Å². The molecule has 2 unspecified atom stereocenters. The minimum absolute atomic E-state index is 0.0372. The number of anilines is 1. The summed E-state index contributed by atoms with van der Waals surface area (Å²) >= 11 is 0. The van der Waals surface area contributed by atoms with E-state index in [2.05, 4.69) is 11.4 Å². The molecule has 2 N–H and O–H groups in total. The van der Waals surface area contributed by atoms with Crippen LogP contribution < -0.4 is 10.2 Å². The molecule has 1 aromatic rings. The van der Waals surface area contributed by atoms with Gasteiger partial charge in [-0.1, -0.05) is 38.5 Å². The number of aliphatic hydroxyl groups is 1. The van der Waals surface area contributed by atoms with Crippen LogP contribution in [0.4, 0.5) is 5.69 Å². The molecule has 0 aromatic heterocycles. The number of para-hydroxylation sites is 1. The number of benzene rings is 1. The Morgan fingerprint density at radius 2 is 2.04 bits per heavy atom. The largest absolute Gasteiger partial charge is 0.388 e. The maximum absolute atomic E-state index is 12.6. The van der Waals surface area contributed by atoms with Crippen LogP contribution in [0.3, 0.4) is 0 Å². The van der Waals surface area contributed by atoms with Gasteiger partial charge in [0.25, 0.3) is 0 Å². The van der Waals surface area contributed by atoms with Gasteiger partial charge in [0, 0.05) is 24.2 Å². The summed E-state index contributed by atoms with van der Waals surface area (Å²) in [4.78, 5) is 26.5. The lowest BCUT2D eigenvalue weighted by Crippen LogP contribution is -2.50. The molecule has 0 bridgehead atoms. The van der Waals surface area contributed by atoms with Crippen molar-refractivity contribution in [2.24, 2.45) is 5.92 Å². The summed E-state index contributed by atoms with van der Waals surface area (Å²) in [5, 5.41) is 13.0. The van der Waals surface area contributed by atoms with Crippen LogP contribution in [0.1, 0.15) is 45.6 Å². The molecule has 1 heterocycles. The van der Waals surface area contributed by atoms with Gasteiger partial charge in [-0.25, -0.2) is 0 Å². The van der Waals surface area contributed by atoms with Crippen molar-refractivity contribution in [1.29, 1.82) is 0 Å². The molecule has 0 saturated heterocycles. The zero-order valence-corrected chi connectivity index (χ0v) is 14.6. The fourth-order valence-electron chi connectivity index (χ4n) is 3.46. The number of hydrogen-bond acceptors (Lipinski definition) is 3. The highest BCUT2D eigenvalue weighted by Gasteiger charge is 2.53. The third kappa shape index (κ3) is 2.81. The molecule has 2 atom stereocenters. The predicted octanol–water partition coefficient (Wildman–Crippen LogP) is 1.98. The number of amides is 2. The van der Waals surface area contributed by atoms with E-state index >= 15 is 0 Å². The Labute approximate surface area is 143 Å². The molecule has 1 saturated carbocycles. The molecule has 1 fully saturated rings. The Morgan fingerprint density at radius 1 is 1.38 bits per heavy atom. The van der Waals surface area contributed by atoms with E-state index in [1.54, 1.807) is 11.8 Å². The summed E-state index contributed by atoms with van der Waals surface area (Å²) in [6, 6.07) is 7.84. The summed E-state index contributed by atoms with van der Waals surface area (Å²) in [7, 11) is 0. The van der Waals surface area contributed by atoms with Gasteiger partial charge >= 0.3 is 11.8 Å². The molecule has 0 radical (unpaired) electrons. The lowest BCUT2D eigenvalue weighted by Gasteiger charge is -2.30. The molecule has 1 aliphatic carbocycles. The Kier molecular flexibility index (Phi) is 4.16. The first kappa shape index (κ1) is 17.0. The third-order valence-corrected chi connectivity index (χ3v) is 5.80. The molecule has 2 aliphatic rings. The maximum atomic E-state index is 12.6. The van der Waals surface area contributed by atoms with Crippen molar-refractivity contribution in [1.82, 2.24) is 5.32 Å². The highest BCUT2D eigenvalue weighted by atomic mass is 16.3. The van der Waals surface area contributed by atoms with E-state index in [9.17, 15) is 14.7 Å². The molecule has 130 valence electrons.